The van der Waals surface area contributed by atoms with Crippen LogP contribution in [-0.2, 0) is 4.74 Å². The van der Waals surface area contributed by atoms with Crippen LogP contribution in [0, 0.1) is 13.8 Å². The number of carbonyl (C=O) groups excluding carboxylic acids is 1. The summed E-state index contributed by atoms with van der Waals surface area (Å²) in [5.74, 6) is -0.555. The normalized spacial score (nSPS) is 10.7. The van der Waals surface area contributed by atoms with E-state index in [9.17, 15) is 4.79 Å². The number of benzene rings is 2. The van der Waals surface area contributed by atoms with Crippen LogP contribution in [0.5, 0.6) is 0 Å². The Morgan fingerprint density at radius 2 is 1.75 bits per heavy atom. The Labute approximate surface area is 145 Å². The summed E-state index contributed by atoms with van der Waals surface area (Å²) < 4.78 is 6.50. The smallest absolute Gasteiger partial charge is 0.360 e. The van der Waals surface area contributed by atoms with E-state index in [1.165, 1.54) is 7.11 Å². The van der Waals surface area contributed by atoms with Crippen molar-refractivity contribution < 1.29 is 9.53 Å². The molecule has 0 atom stereocenters. The van der Waals surface area contributed by atoms with Crippen LogP contribution in [0.3, 0.4) is 0 Å². The molecule has 0 amide bonds. The van der Waals surface area contributed by atoms with Crippen LogP contribution in [0.4, 0.5) is 0 Å². The van der Waals surface area contributed by atoms with Crippen molar-refractivity contribution in [2.45, 2.75) is 13.8 Å². The van der Waals surface area contributed by atoms with E-state index in [1.54, 1.807) is 4.68 Å². The van der Waals surface area contributed by atoms with E-state index < -0.39 is 5.97 Å². The maximum atomic E-state index is 12.0. The second kappa shape index (κ2) is 6.49. The molecular weight excluding hydrogens is 324 g/mol. The third-order valence-electron chi connectivity index (χ3n) is 3.74. The second-order valence-electron chi connectivity index (χ2n) is 5.62. The Morgan fingerprint density at radius 3 is 2.38 bits per heavy atom. The molecule has 0 bridgehead atoms. The van der Waals surface area contributed by atoms with Crippen molar-refractivity contribution in [3.8, 4) is 16.9 Å². The number of methoxy groups -OCH3 is 1. The summed E-state index contributed by atoms with van der Waals surface area (Å²) in [6.07, 6.45) is 0. The summed E-state index contributed by atoms with van der Waals surface area (Å²) in [4.78, 5) is 12.0. The molecule has 1 heterocycles. The van der Waals surface area contributed by atoms with Gasteiger partial charge in [0, 0.05) is 5.56 Å². The van der Waals surface area contributed by atoms with Crippen molar-refractivity contribution >= 4 is 17.6 Å². The molecule has 122 valence electrons. The van der Waals surface area contributed by atoms with Crippen molar-refractivity contribution in [1.29, 1.82) is 0 Å². The van der Waals surface area contributed by atoms with E-state index in [2.05, 4.69) is 5.10 Å². The highest BCUT2D eigenvalue weighted by atomic mass is 35.5. The van der Waals surface area contributed by atoms with Crippen LogP contribution in [0.25, 0.3) is 16.9 Å². The van der Waals surface area contributed by atoms with Crippen molar-refractivity contribution in [1.82, 2.24) is 9.78 Å². The van der Waals surface area contributed by atoms with E-state index in [0.29, 0.717) is 5.69 Å². The first kappa shape index (κ1) is 16.3. The number of hydrogen-bond acceptors (Lipinski definition) is 3. The highest BCUT2D eigenvalue weighted by Gasteiger charge is 2.24. The number of halogens is 1. The average Bonchev–Trinajstić information content (AvgIpc) is 2.91. The Morgan fingerprint density at radius 1 is 1.08 bits per heavy atom. The summed E-state index contributed by atoms with van der Waals surface area (Å²) in [5, 5.41) is 4.69. The molecule has 0 aliphatic heterocycles. The minimum Gasteiger partial charge on any atom is -0.464 e. The van der Waals surface area contributed by atoms with Crippen LogP contribution >= 0.6 is 11.6 Å². The van der Waals surface area contributed by atoms with Gasteiger partial charge in [-0.15, -0.1) is 0 Å². The van der Waals surface area contributed by atoms with Crippen molar-refractivity contribution in [3.63, 3.8) is 0 Å². The lowest BCUT2D eigenvalue weighted by Gasteiger charge is -2.09. The molecule has 5 heteroatoms. The summed E-state index contributed by atoms with van der Waals surface area (Å²) in [7, 11) is 1.32. The number of carbonyl (C=O) groups is 1. The maximum Gasteiger partial charge on any atom is 0.360 e. The monoisotopic (exact) mass is 340 g/mol. The summed E-state index contributed by atoms with van der Waals surface area (Å²) in [6.45, 7) is 4.01. The fourth-order valence-corrected chi connectivity index (χ4v) is 2.92. The van der Waals surface area contributed by atoms with Gasteiger partial charge in [0.05, 0.1) is 18.5 Å². The Balaban J connectivity index is 2.29. The molecule has 0 radical (unpaired) electrons. The van der Waals surface area contributed by atoms with Gasteiger partial charge in [0.1, 0.15) is 5.02 Å². The molecule has 2 aromatic carbocycles. The molecule has 0 saturated carbocycles. The summed E-state index contributed by atoms with van der Waals surface area (Å²) in [6, 6.07) is 15.8. The molecular formula is C19H17ClN2O2. The fraction of sp³-hybridized carbons (Fsp3) is 0.158. The van der Waals surface area contributed by atoms with Crippen LogP contribution < -0.4 is 0 Å². The molecule has 0 aliphatic carbocycles. The highest BCUT2D eigenvalue weighted by Crippen LogP contribution is 2.34. The zero-order valence-electron chi connectivity index (χ0n) is 13.7. The number of hydrogen-bond donors (Lipinski definition) is 0. The van der Waals surface area contributed by atoms with Gasteiger partial charge in [-0.1, -0.05) is 47.5 Å². The van der Waals surface area contributed by atoms with Crippen LogP contribution in [0.2, 0.25) is 5.02 Å². The molecule has 4 nitrogen and oxygen atoms in total. The lowest BCUT2D eigenvalue weighted by molar-refractivity contribution is 0.0593. The number of aryl methyl sites for hydroxylation is 2. The van der Waals surface area contributed by atoms with E-state index in [0.717, 1.165) is 22.4 Å². The molecule has 0 aliphatic rings. The van der Waals surface area contributed by atoms with Gasteiger partial charge < -0.3 is 4.74 Å². The molecule has 3 aromatic rings. The first-order chi connectivity index (χ1) is 11.5. The Bertz CT molecular complexity index is 915. The molecule has 0 N–H and O–H groups in total. The van der Waals surface area contributed by atoms with Gasteiger partial charge in [0.2, 0.25) is 0 Å². The minimum absolute atomic E-state index is 0.108. The Kier molecular flexibility index (Phi) is 4.40. The third kappa shape index (κ3) is 2.93. The van der Waals surface area contributed by atoms with E-state index in [4.69, 9.17) is 16.3 Å². The highest BCUT2D eigenvalue weighted by molar-refractivity contribution is 6.35. The average molecular weight is 341 g/mol. The van der Waals surface area contributed by atoms with E-state index >= 15 is 0 Å². The van der Waals surface area contributed by atoms with Gasteiger partial charge in [-0.3, -0.25) is 0 Å². The SMILES string of the molecule is COC(=O)c1nn(-c2cccc(C)c2)c(-c2cccc(C)c2)c1Cl. The first-order valence-corrected chi connectivity index (χ1v) is 7.90. The minimum atomic E-state index is -0.555. The van der Waals surface area contributed by atoms with Crippen molar-refractivity contribution in [2.24, 2.45) is 0 Å². The lowest BCUT2D eigenvalue weighted by Crippen LogP contribution is -2.05. The number of aromatic nitrogens is 2. The molecule has 0 spiro atoms. The summed E-state index contributed by atoms with van der Waals surface area (Å²) in [5.41, 5.74) is 4.70. The molecule has 0 unspecified atom stereocenters. The van der Waals surface area contributed by atoms with Gasteiger partial charge in [-0.2, -0.15) is 5.10 Å². The fourth-order valence-electron chi connectivity index (χ4n) is 2.61. The number of ether oxygens (including phenoxy) is 1. The zero-order chi connectivity index (χ0) is 17.3. The molecule has 24 heavy (non-hydrogen) atoms. The van der Waals surface area contributed by atoms with Gasteiger partial charge in [0.25, 0.3) is 0 Å². The molecule has 0 saturated heterocycles. The topological polar surface area (TPSA) is 44.1 Å². The van der Waals surface area contributed by atoms with Crippen molar-refractivity contribution in [2.75, 3.05) is 7.11 Å². The van der Waals surface area contributed by atoms with Gasteiger partial charge in [0.15, 0.2) is 5.69 Å². The zero-order valence-corrected chi connectivity index (χ0v) is 14.5. The molecule has 0 fully saturated rings. The van der Waals surface area contributed by atoms with E-state index in [1.807, 2.05) is 62.4 Å². The van der Waals surface area contributed by atoms with Gasteiger partial charge in [-0.05, 0) is 37.6 Å². The lowest BCUT2D eigenvalue weighted by atomic mass is 10.1. The molecule has 3 rings (SSSR count). The number of rotatable bonds is 3. The predicted octanol–water partition coefficient (Wildman–Crippen LogP) is 4.60. The quantitative estimate of drug-likeness (QED) is 0.655. The largest absolute Gasteiger partial charge is 0.464 e. The maximum absolute atomic E-state index is 12.0. The third-order valence-corrected chi connectivity index (χ3v) is 4.10. The standard InChI is InChI=1S/C19H17ClN2O2/c1-12-6-4-8-14(10-12)18-16(20)17(19(23)24-3)21-22(18)15-9-5-7-13(2)11-15/h4-11H,1-3H3. The van der Waals surface area contributed by atoms with Crippen LogP contribution in [-0.4, -0.2) is 22.9 Å². The van der Waals surface area contributed by atoms with E-state index in [-0.39, 0.29) is 10.7 Å². The second-order valence-corrected chi connectivity index (χ2v) is 6.00. The number of esters is 1. The molecule has 1 aromatic heterocycles. The Hall–Kier alpha value is -2.59. The van der Waals surface area contributed by atoms with Gasteiger partial charge >= 0.3 is 5.97 Å². The number of nitrogens with zero attached hydrogens (tertiary/aromatic N) is 2. The van der Waals surface area contributed by atoms with Crippen LogP contribution in [0.1, 0.15) is 21.6 Å². The van der Waals surface area contributed by atoms with Crippen molar-refractivity contribution in [3.05, 3.63) is 70.4 Å². The van der Waals surface area contributed by atoms with Crippen LogP contribution in [0.15, 0.2) is 48.5 Å². The van der Waals surface area contributed by atoms with Gasteiger partial charge in [-0.25, -0.2) is 9.48 Å². The summed E-state index contributed by atoms with van der Waals surface area (Å²) >= 11 is 6.50. The predicted molar refractivity (Wildman–Crippen MR) is 94.8 cm³/mol. The first-order valence-electron chi connectivity index (χ1n) is 7.52.